The summed E-state index contributed by atoms with van der Waals surface area (Å²) in [6, 6.07) is 10.4. The molecule has 5 nitrogen and oxygen atoms in total. The van der Waals surface area contributed by atoms with E-state index >= 15 is 0 Å². The van der Waals surface area contributed by atoms with E-state index in [2.05, 4.69) is 50.7 Å². The maximum atomic E-state index is 5.23. The van der Waals surface area contributed by atoms with Gasteiger partial charge in [0.1, 0.15) is 9.45 Å². The molecule has 23 heavy (non-hydrogen) atoms. The molecule has 3 aromatic rings. The van der Waals surface area contributed by atoms with Gasteiger partial charge in [0.05, 0.1) is 13.3 Å². The lowest BCUT2D eigenvalue weighted by Crippen LogP contribution is -2.30. The van der Waals surface area contributed by atoms with Gasteiger partial charge in [-0.2, -0.15) is 0 Å². The first kappa shape index (κ1) is 14.7. The molecule has 0 saturated heterocycles. The maximum absolute atomic E-state index is 5.23. The molecule has 0 bridgehead atoms. The molecule has 1 aliphatic rings. The van der Waals surface area contributed by atoms with Crippen molar-refractivity contribution in [1.82, 2.24) is 14.6 Å². The van der Waals surface area contributed by atoms with Crippen LogP contribution in [0.15, 0.2) is 36.5 Å². The second kappa shape index (κ2) is 5.99. The van der Waals surface area contributed by atoms with Gasteiger partial charge in [0.25, 0.3) is 0 Å². The largest absolute Gasteiger partial charge is 0.497 e. The second-order valence-electron chi connectivity index (χ2n) is 5.72. The van der Waals surface area contributed by atoms with Crippen LogP contribution in [0.3, 0.4) is 0 Å². The molecule has 0 atom stereocenters. The molecule has 0 amide bonds. The summed E-state index contributed by atoms with van der Waals surface area (Å²) in [7, 11) is 1.69. The lowest BCUT2D eigenvalue weighted by molar-refractivity contribution is 0.414. The minimum atomic E-state index is 0.862. The number of fused-ring (bicyclic) bond motifs is 2. The zero-order valence-corrected chi connectivity index (χ0v) is 15.0. The molecule has 2 aromatic heterocycles. The number of aromatic nitrogens is 3. The highest BCUT2D eigenvalue weighted by molar-refractivity contribution is 14.1. The van der Waals surface area contributed by atoms with Gasteiger partial charge < -0.3 is 9.64 Å². The van der Waals surface area contributed by atoms with Gasteiger partial charge in [0, 0.05) is 18.7 Å². The van der Waals surface area contributed by atoms with Crippen molar-refractivity contribution in [3.8, 4) is 5.75 Å². The molecule has 6 heteroatoms. The van der Waals surface area contributed by atoms with Crippen molar-refractivity contribution in [3.05, 3.63) is 51.4 Å². The Bertz CT molecular complexity index is 844. The third-order valence-corrected chi connectivity index (χ3v) is 4.95. The predicted octanol–water partition coefficient (Wildman–Crippen LogP) is 3.30. The van der Waals surface area contributed by atoms with Crippen LogP contribution >= 0.6 is 22.6 Å². The first-order valence-electron chi connectivity index (χ1n) is 7.65. The van der Waals surface area contributed by atoms with Crippen LogP contribution in [-0.2, 0) is 13.0 Å². The van der Waals surface area contributed by atoms with E-state index in [-0.39, 0.29) is 0 Å². The van der Waals surface area contributed by atoms with Gasteiger partial charge >= 0.3 is 0 Å². The first-order chi connectivity index (χ1) is 11.2. The number of ether oxygens (including phenoxy) is 1. The van der Waals surface area contributed by atoms with Gasteiger partial charge in [-0.05, 0) is 59.2 Å². The van der Waals surface area contributed by atoms with Gasteiger partial charge in [-0.1, -0.05) is 12.1 Å². The van der Waals surface area contributed by atoms with Gasteiger partial charge in [0.15, 0.2) is 11.5 Å². The molecule has 0 unspecified atom stereocenters. The molecule has 1 aromatic carbocycles. The van der Waals surface area contributed by atoms with Crippen molar-refractivity contribution in [2.75, 3.05) is 18.6 Å². The van der Waals surface area contributed by atoms with Crippen molar-refractivity contribution in [1.29, 1.82) is 0 Å². The predicted molar refractivity (Wildman–Crippen MR) is 98.1 cm³/mol. The molecule has 118 valence electrons. The highest BCUT2D eigenvalue weighted by Crippen LogP contribution is 2.28. The fourth-order valence-corrected chi connectivity index (χ4v) is 3.53. The Kier molecular flexibility index (Phi) is 3.84. The average Bonchev–Trinajstić information content (AvgIpc) is 2.95. The summed E-state index contributed by atoms with van der Waals surface area (Å²) in [5, 5.41) is 4.83. The molecule has 0 radical (unpaired) electrons. The monoisotopic (exact) mass is 420 g/mol. The Labute approximate surface area is 148 Å². The maximum Gasteiger partial charge on any atom is 0.155 e. The van der Waals surface area contributed by atoms with E-state index in [1.807, 2.05) is 22.8 Å². The number of hydrogen-bond donors (Lipinski definition) is 0. The SMILES string of the molecule is COc1ccc(CN2CCCc3cc4ncc(I)n4nc32)cc1. The summed E-state index contributed by atoms with van der Waals surface area (Å²) in [5.74, 6) is 1.97. The van der Waals surface area contributed by atoms with Gasteiger partial charge in [0.2, 0.25) is 0 Å². The third-order valence-electron chi connectivity index (χ3n) is 4.21. The fourth-order valence-electron chi connectivity index (χ4n) is 3.04. The standard InChI is InChI=1S/C17H17IN4O/c1-23-14-6-4-12(5-7-14)11-21-8-2-3-13-9-16-19-10-15(18)22(16)20-17(13)21/h4-7,9-10H,2-3,8,11H2,1H3. The minimum absolute atomic E-state index is 0.862. The Morgan fingerprint density at radius 3 is 2.87 bits per heavy atom. The molecular formula is C17H17IN4O. The number of aryl methyl sites for hydroxylation is 1. The van der Waals surface area contributed by atoms with Crippen LogP contribution in [0.2, 0.25) is 0 Å². The van der Waals surface area contributed by atoms with Crippen molar-refractivity contribution in [3.63, 3.8) is 0 Å². The Hall–Kier alpha value is -1.83. The zero-order chi connectivity index (χ0) is 15.8. The number of anilines is 1. The molecule has 0 aliphatic carbocycles. The number of hydrogen-bond acceptors (Lipinski definition) is 4. The van der Waals surface area contributed by atoms with E-state index in [4.69, 9.17) is 9.84 Å². The summed E-state index contributed by atoms with van der Waals surface area (Å²) in [6.45, 7) is 1.89. The normalized spacial score (nSPS) is 14.1. The summed E-state index contributed by atoms with van der Waals surface area (Å²) in [4.78, 5) is 6.77. The molecular weight excluding hydrogens is 403 g/mol. The summed E-state index contributed by atoms with van der Waals surface area (Å²) in [6.07, 6.45) is 4.09. The molecule has 1 aliphatic heterocycles. The molecule has 4 rings (SSSR count). The van der Waals surface area contributed by atoms with Crippen molar-refractivity contribution in [2.24, 2.45) is 0 Å². The van der Waals surface area contributed by atoms with Gasteiger partial charge in [-0.15, -0.1) is 5.10 Å². The van der Waals surface area contributed by atoms with Gasteiger partial charge in [-0.3, -0.25) is 0 Å². The molecule has 0 fully saturated rings. The van der Waals surface area contributed by atoms with Crippen LogP contribution in [0.4, 0.5) is 5.82 Å². The fraction of sp³-hybridized carbons (Fsp3) is 0.294. The molecule has 0 N–H and O–H groups in total. The van der Waals surface area contributed by atoms with Crippen LogP contribution in [0.5, 0.6) is 5.75 Å². The Balaban J connectivity index is 1.68. The van der Waals surface area contributed by atoms with Crippen LogP contribution in [0, 0.1) is 3.70 Å². The average molecular weight is 420 g/mol. The smallest absolute Gasteiger partial charge is 0.155 e. The van der Waals surface area contributed by atoms with Crippen molar-refractivity contribution < 1.29 is 4.74 Å². The highest BCUT2D eigenvalue weighted by atomic mass is 127. The zero-order valence-electron chi connectivity index (χ0n) is 12.9. The summed E-state index contributed by atoms with van der Waals surface area (Å²) in [5.41, 5.74) is 3.49. The third kappa shape index (κ3) is 2.75. The van der Waals surface area contributed by atoms with Crippen LogP contribution in [-0.4, -0.2) is 28.3 Å². The van der Waals surface area contributed by atoms with E-state index in [1.165, 1.54) is 11.1 Å². The van der Waals surface area contributed by atoms with E-state index in [1.54, 1.807) is 7.11 Å². The minimum Gasteiger partial charge on any atom is -0.497 e. The second-order valence-corrected chi connectivity index (χ2v) is 6.82. The van der Waals surface area contributed by atoms with Crippen LogP contribution in [0.1, 0.15) is 17.5 Å². The quantitative estimate of drug-likeness (QED) is 0.610. The number of imidazole rings is 1. The van der Waals surface area contributed by atoms with Gasteiger partial charge in [-0.25, -0.2) is 9.50 Å². The number of halogens is 1. The molecule has 0 saturated carbocycles. The number of methoxy groups -OCH3 is 1. The molecule has 3 heterocycles. The lowest BCUT2D eigenvalue weighted by Gasteiger charge is -2.30. The van der Waals surface area contributed by atoms with E-state index in [0.29, 0.717) is 0 Å². The first-order valence-corrected chi connectivity index (χ1v) is 8.73. The van der Waals surface area contributed by atoms with Crippen molar-refractivity contribution in [2.45, 2.75) is 19.4 Å². The Morgan fingerprint density at radius 2 is 2.09 bits per heavy atom. The van der Waals surface area contributed by atoms with Crippen LogP contribution in [0.25, 0.3) is 5.65 Å². The van der Waals surface area contributed by atoms with Crippen LogP contribution < -0.4 is 9.64 Å². The summed E-state index contributed by atoms with van der Waals surface area (Å²) >= 11 is 2.27. The highest BCUT2D eigenvalue weighted by Gasteiger charge is 2.20. The topological polar surface area (TPSA) is 42.7 Å². The van der Waals surface area contributed by atoms with Crippen molar-refractivity contribution >= 4 is 34.1 Å². The Morgan fingerprint density at radius 1 is 1.26 bits per heavy atom. The number of rotatable bonds is 3. The van der Waals surface area contributed by atoms with E-state index < -0.39 is 0 Å². The van der Waals surface area contributed by atoms with E-state index in [0.717, 1.165) is 46.8 Å². The lowest BCUT2D eigenvalue weighted by atomic mass is 10.1. The molecule has 0 spiro atoms. The van der Waals surface area contributed by atoms with E-state index in [9.17, 15) is 0 Å². The summed E-state index contributed by atoms with van der Waals surface area (Å²) < 4.78 is 8.19. The number of nitrogens with zero attached hydrogens (tertiary/aromatic N) is 4. The number of benzene rings is 1.